The lowest BCUT2D eigenvalue weighted by Gasteiger charge is -2.10. The molecule has 1 N–H and O–H groups in total. The number of carbonyl (C=O) groups excluding carboxylic acids is 1. The van der Waals surface area contributed by atoms with Crippen molar-refractivity contribution in [3.8, 4) is 5.75 Å². The summed E-state index contributed by atoms with van der Waals surface area (Å²) in [5, 5.41) is 3.66. The topological polar surface area (TPSA) is 38.3 Å². The number of nitrogens with one attached hydrogen (secondary N) is 1. The van der Waals surface area contributed by atoms with Gasteiger partial charge in [0.15, 0.2) is 6.61 Å². The van der Waals surface area contributed by atoms with E-state index in [2.05, 4.69) is 5.32 Å². The normalized spacial score (nSPS) is 10.5. The lowest BCUT2D eigenvalue weighted by Crippen LogP contribution is -2.30. The van der Waals surface area contributed by atoms with Gasteiger partial charge in [-0.25, -0.2) is 0 Å². The third-order valence-corrected chi connectivity index (χ3v) is 4.86. The first-order chi connectivity index (χ1) is 11.6. The molecule has 0 aromatic heterocycles. The van der Waals surface area contributed by atoms with Crippen LogP contribution >= 0.6 is 23.4 Å². The molecule has 0 aliphatic heterocycles. The Balaban J connectivity index is 1.63. The van der Waals surface area contributed by atoms with Gasteiger partial charge in [0.25, 0.3) is 5.91 Å². The third kappa shape index (κ3) is 6.10. The highest BCUT2D eigenvalue weighted by molar-refractivity contribution is 7.98. The zero-order valence-corrected chi connectivity index (χ0v) is 15.5. The Morgan fingerprint density at radius 1 is 1.21 bits per heavy atom. The molecule has 0 heterocycles. The van der Waals surface area contributed by atoms with Gasteiger partial charge in [0.2, 0.25) is 0 Å². The molecule has 3 nitrogen and oxygen atoms in total. The van der Waals surface area contributed by atoms with E-state index in [4.69, 9.17) is 16.3 Å². The monoisotopic (exact) mass is 363 g/mol. The van der Waals surface area contributed by atoms with Gasteiger partial charge in [-0.2, -0.15) is 11.8 Å². The summed E-state index contributed by atoms with van der Waals surface area (Å²) in [4.78, 5) is 11.8. The summed E-state index contributed by atoms with van der Waals surface area (Å²) in [7, 11) is 0. The number of amides is 1. The van der Waals surface area contributed by atoms with Gasteiger partial charge < -0.3 is 10.1 Å². The Bertz CT molecular complexity index is 691. The summed E-state index contributed by atoms with van der Waals surface area (Å²) in [6, 6.07) is 13.8. The highest BCUT2D eigenvalue weighted by Crippen LogP contribution is 2.20. The van der Waals surface area contributed by atoms with Gasteiger partial charge in [-0.1, -0.05) is 41.9 Å². The minimum absolute atomic E-state index is 0.0411. The van der Waals surface area contributed by atoms with Crippen molar-refractivity contribution in [2.24, 2.45) is 0 Å². The smallest absolute Gasteiger partial charge is 0.257 e. The minimum Gasteiger partial charge on any atom is -0.483 e. The average Bonchev–Trinajstić information content (AvgIpc) is 2.57. The first-order valence-corrected chi connectivity index (χ1v) is 9.37. The van der Waals surface area contributed by atoms with Crippen LogP contribution in [0, 0.1) is 13.8 Å². The fourth-order valence-corrected chi connectivity index (χ4v) is 3.26. The highest BCUT2D eigenvalue weighted by Gasteiger charge is 2.05. The zero-order chi connectivity index (χ0) is 17.4. The van der Waals surface area contributed by atoms with Gasteiger partial charge in [-0.3, -0.25) is 4.79 Å². The van der Waals surface area contributed by atoms with Crippen molar-refractivity contribution in [2.75, 3.05) is 18.9 Å². The van der Waals surface area contributed by atoms with E-state index in [1.807, 2.05) is 56.3 Å². The van der Waals surface area contributed by atoms with Crippen LogP contribution < -0.4 is 10.1 Å². The largest absolute Gasteiger partial charge is 0.483 e. The Morgan fingerprint density at radius 2 is 2.00 bits per heavy atom. The summed E-state index contributed by atoms with van der Waals surface area (Å²) in [5.74, 6) is 2.34. The second kappa shape index (κ2) is 9.60. The van der Waals surface area contributed by atoms with Crippen LogP contribution in [-0.4, -0.2) is 24.8 Å². The fraction of sp³-hybridized carbons (Fsp3) is 0.316. The van der Waals surface area contributed by atoms with Crippen LogP contribution in [0.2, 0.25) is 5.02 Å². The van der Waals surface area contributed by atoms with Crippen molar-refractivity contribution in [1.29, 1.82) is 0 Å². The first-order valence-electron chi connectivity index (χ1n) is 7.84. The van der Waals surface area contributed by atoms with E-state index in [1.165, 1.54) is 0 Å². The first kappa shape index (κ1) is 18.7. The standard InChI is InChI=1S/C19H22ClNO2S/c1-14-7-8-15(2)18(11-14)23-12-19(22)21-9-10-24-13-16-5-3-4-6-17(16)20/h3-8,11H,9-10,12-13H2,1-2H3,(H,21,22). The molecule has 5 heteroatoms. The molecule has 128 valence electrons. The molecule has 1 amide bonds. The Morgan fingerprint density at radius 3 is 2.79 bits per heavy atom. The van der Waals surface area contributed by atoms with Gasteiger partial charge >= 0.3 is 0 Å². The SMILES string of the molecule is Cc1ccc(C)c(OCC(=O)NCCSCc2ccccc2Cl)c1. The van der Waals surface area contributed by atoms with E-state index in [-0.39, 0.29) is 12.5 Å². The quantitative estimate of drug-likeness (QED) is 0.707. The molecule has 0 aliphatic carbocycles. The summed E-state index contributed by atoms with van der Waals surface area (Å²) >= 11 is 7.85. The number of carbonyl (C=O) groups is 1. The van der Waals surface area contributed by atoms with Crippen LogP contribution in [0.25, 0.3) is 0 Å². The predicted octanol–water partition coefficient (Wildman–Crippen LogP) is 4.39. The lowest BCUT2D eigenvalue weighted by molar-refractivity contribution is -0.122. The minimum atomic E-state index is -0.103. The third-order valence-electron chi connectivity index (χ3n) is 3.49. The van der Waals surface area contributed by atoms with Crippen LogP contribution in [0.4, 0.5) is 0 Å². The van der Waals surface area contributed by atoms with Gasteiger partial charge in [0, 0.05) is 23.1 Å². The van der Waals surface area contributed by atoms with E-state index in [9.17, 15) is 4.79 Å². The summed E-state index contributed by atoms with van der Waals surface area (Å²) in [6.07, 6.45) is 0. The van der Waals surface area contributed by atoms with Crippen molar-refractivity contribution < 1.29 is 9.53 Å². The second-order valence-electron chi connectivity index (χ2n) is 5.55. The molecular formula is C19H22ClNO2S. The maximum absolute atomic E-state index is 11.8. The summed E-state index contributed by atoms with van der Waals surface area (Å²) in [5.41, 5.74) is 3.27. The lowest BCUT2D eigenvalue weighted by atomic mass is 10.1. The van der Waals surface area contributed by atoms with Crippen LogP contribution in [0.1, 0.15) is 16.7 Å². The molecule has 0 fully saturated rings. The number of benzene rings is 2. The molecule has 24 heavy (non-hydrogen) atoms. The number of hydrogen-bond acceptors (Lipinski definition) is 3. The molecule has 0 atom stereocenters. The second-order valence-corrected chi connectivity index (χ2v) is 7.06. The van der Waals surface area contributed by atoms with E-state index in [0.29, 0.717) is 6.54 Å². The van der Waals surface area contributed by atoms with Gasteiger partial charge in [0.1, 0.15) is 5.75 Å². The van der Waals surface area contributed by atoms with Crippen molar-refractivity contribution in [3.63, 3.8) is 0 Å². The maximum Gasteiger partial charge on any atom is 0.257 e. The van der Waals surface area contributed by atoms with E-state index in [0.717, 1.165) is 39.0 Å². The van der Waals surface area contributed by atoms with Crippen LogP contribution in [0.5, 0.6) is 5.75 Å². The van der Waals surface area contributed by atoms with Crippen LogP contribution in [0.3, 0.4) is 0 Å². The number of ether oxygens (including phenoxy) is 1. The molecule has 2 rings (SSSR count). The van der Waals surface area contributed by atoms with Gasteiger partial charge in [0.05, 0.1) is 0 Å². The fourth-order valence-electron chi connectivity index (χ4n) is 2.12. The van der Waals surface area contributed by atoms with E-state index < -0.39 is 0 Å². The van der Waals surface area contributed by atoms with E-state index >= 15 is 0 Å². The molecule has 2 aromatic carbocycles. The van der Waals surface area contributed by atoms with Crippen LogP contribution in [0.15, 0.2) is 42.5 Å². The number of rotatable bonds is 8. The van der Waals surface area contributed by atoms with Crippen molar-refractivity contribution >= 4 is 29.3 Å². The molecule has 0 radical (unpaired) electrons. The Kier molecular flexibility index (Phi) is 7.47. The van der Waals surface area contributed by atoms with Crippen molar-refractivity contribution in [3.05, 3.63) is 64.2 Å². The molecule has 0 saturated carbocycles. The number of aryl methyl sites for hydroxylation is 2. The molecule has 0 aliphatic rings. The number of hydrogen-bond donors (Lipinski definition) is 1. The predicted molar refractivity (Wildman–Crippen MR) is 102 cm³/mol. The van der Waals surface area contributed by atoms with Crippen molar-refractivity contribution in [1.82, 2.24) is 5.32 Å². The van der Waals surface area contributed by atoms with Gasteiger partial charge in [-0.15, -0.1) is 0 Å². The zero-order valence-electron chi connectivity index (χ0n) is 14.0. The number of halogens is 1. The molecule has 0 spiro atoms. The average molecular weight is 364 g/mol. The summed E-state index contributed by atoms with van der Waals surface area (Å²) in [6.45, 7) is 4.63. The van der Waals surface area contributed by atoms with Crippen LogP contribution in [-0.2, 0) is 10.5 Å². The highest BCUT2D eigenvalue weighted by atomic mass is 35.5. The van der Waals surface area contributed by atoms with Crippen molar-refractivity contribution in [2.45, 2.75) is 19.6 Å². The molecular weight excluding hydrogens is 342 g/mol. The molecule has 2 aromatic rings. The molecule has 0 bridgehead atoms. The Labute approximate surface area is 152 Å². The molecule has 0 saturated heterocycles. The number of thioether (sulfide) groups is 1. The Hall–Kier alpha value is -1.65. The molecule has 0 unspecified atom stereocenters. The summed E-state index contributed by atoms with van der Waals surface area (Å²) < 4.78 is 5.59. The maximum atomic E-state index is 11.8. The van der Waals surface area contributed by atoms with E-state index in [1.54, 1.807) is 11.8 Å². The van der Waals surface area contributed by atoms with Gasteiger partial charge in [-0.05, 0) is 42.7 Å².